The van der Waals surface area contributed by atoms with Gasteiger partial charge < -0.3 is 11.1 Å². The van der Waals surface area contributed by atoms with E-state index in [1.54, 1.807) is 12.4 Å². The van der Waals surface area contributed by atoms with E-state index in [0.717, 1.165) is 22.7 Å². The first-order chi connectivity index (χ1) is 10.2. The standard InChI is InChI=1S/C16H16N4S/c1-11-2-4-12(5-3-11)10-19-16-14(15(17)20-21-16)13-6-8-18-9-7-13/h2-9,19H,10H2,1H3,(H2,17,20). The molecule has 3 N–H and O–H groups in total. The second-order valence-corrected chi connectivity index (χ2v) is 5.62. The summed E-state index contributed by atoms with van der Waals surface area (Å²) in [6.45, 7) is 2.84. The molecule has 0 amide bonds. The Morgan fingerprint density at radius 2 is 1.81 bits per heavy atom. The number of aromatic nitrogens is 2. The maximum absolute atomic E-state index is 6.00. The van der Waals surface area contributed by atoms with Crippen LogP contribution in [0.1, 0.15) is 11.1 Å². The molecule has 4 nitrogen and oxygen atoms in total. The number of rotatable bonds is 4. The van der Waals surface area contributed by atoms with Crippen molar-refractivity contribution in [1.82, 2.24) is 9.36 Å². The van der Waals surface area contributed by atoms with Gasteiger partial charge in [0.05, 0.1) is 5.56 Å². The first kappa shape index (κ1) is 13.6. The van der Waals surface area contributed by atoms with E-state index in [9.17, 15) is 0 Å². The molecule has 0 saturated heterocycles. The Bertz CT molecular complexity index is 720. The van der Waals surface area contributed by atoms with Gasteiger partial charge in [-0.05, 0) is 41.7 Å². The molecule has 1 aromatic carbocycles. The Labute approximate surface area is 127 Å². The SMILES string of the molecule is Cc1ccc(CNc2snc(N)c2-c2ccncc2)cc1. The molecule has 0 saturated carbocycles. The molecule has 3 aromatic rings. The maximum Gasteiger partial charge on any atom is 0.147 e. The van der Waals surface area contributed by atoms with Gasteiger partial charge in [-0.15, -0.1) is 0 Å². The fraction of sp³-hybridized carbons (Fsp3) is 0.125. The Morgan fingerprint density at radius 3 is 2.52 bits per heavy atom. The molecule has 0 fully saturated rings. The molecule has 0 aliphatic carbocycles. The molecule has 0 spiro atoms. The topological polar surface area (TPSA) is 63.8 Å². The molecular weight excluding hydrogens is 280 g/mol. The highest BCUT2D eigenvalue weighted by Crippen LogP contribution is 2.36. The van der Waals surface area contributed by atoms with E-state index in [1.807, 2.05) is 12.1 Å². The predicted molar refractivity (Wildman–Crippen MR) is 88.3 cm³/mol. The van der Waals surface area contributed by atoms with Crippen LogP contribution in [0.5, 0.6) is 0 Å². The lowest BCUT2D eigenvalue weighted by molar-refractivity contribution is 1.16. The lowest BCUT2D eigenvalue weighted by Crippen LogP contribution is -1.99. The molecule has 106 valence electrons. The van der Waals surface area contributed by atoms with E-state index in [0.29, 0.717) is 5.82 Å². The number of anilines is 2. The minimum atomic E-state index is 0.553. The van der Waals surface area contributed by atoms with Gasteiger partial charge in [-0.2, -0.15) is 4.37 Å². The molecule has 0 aliphatic rings. The summed E-state index contributed by atoms with van der Waals surface area (Å²) in [6, 6.07) is 12.4. The summed E-state index contributed by atoms with van der Waals surface area (Å²) in [6.07, 6.45) is 3.52. The van der Waals surface area contributed by atoms with Crippen LogP contribution in [0, 0.1) is 6.92 Å². The van der Waals surface area contributed by atoms with Crippen molar-refractivity contribution in [3.05, 3.63) is 59.9 Å². The van der Waals surface area contributed by atoms with Crippen molar-refractivity contribution in [2.75, 3.05) is 11.1 Å². The van der Waals surface area contributed by atoms with E-state index < -0.39 is 0 Å². The normalized spacial score (nSPS) is 10.5. The van der Waals surface area contributed by atoms with Crippen LogP contribution in [0.25, 0.3) is 11.1 Å². The molecule has 0 bridgehead atoms. The number of hydrogen-bond acceptors (Lipinski definition) is 5. The van der Waals surface area contributed by atoms with Gasteiger partial charge in [-0.1, -0.05) is 29.8 Å². The van der Waals surface area contributed by atoms with Crippen LogP contribution in [0.4, 0.5) is 10.8 Å². The minimum absolute atomic E-state index is 0.553. The van der Waals surface area contributed by atoms with Crippen LogP contribution < -0.4 is 11.1 Å². The summed E-state index contributed by atoms with van der Waals surface area (Å²) in [5.74, 6) is 0.553. The number of nitrogens with one attached hydrogen (secondary N) is 1. The number of aryl methyl sites for hydroxylation is 1. The van der Waals surface area contributed by atoms with Crippen LogP contribution in [0.2, 0.25) is 0 Å². The molecule has 0 aliphatic heterocycles. The summed E-state index contributed by atoms with van der Waals surface area (Å²) in [7, 11) is 0. The zero-order valence-corrected chi connectivity index (χ0v) is 12.5. The van der Waals surface area contributed by atoms with Gasteiger partial charge in [-0.3, -0.25) is 4.98 Å². The average Bonchev–Trinajstić information content (AvgIpc) is 2.88. The third-order valence-electron chi connectivity index (χ3n) is 3.26. The molecule has 0 radical (unpaired) electrons. The van der Waals surface area contributed by atoms with E-state index >= 15 is 0 Å². The Balaban J connectivity index is 1.82. The van der Waals surface area contributed by atoms with E-state index in [4.69, 9.17) is 5.73 Å². The molecule has 0 unspecified atom stereocenters. The summed E-state index contributed by atoms with van der Waals surface area (Å²) in [5, 5.41) is 4.41. The van der Waals surface area contributed by atoms with Gasteiger partial charge in [-0.25, -0.2) is 0 Å². The second-order valence-electron chi connectivity index (χ2n) is 4.85. The Kier molecular flexibility index (Phi) is 3.83. The first-order valence-electron chi connectivity index (χ1n) is 6.69. The van der Waals surface area contributed by atoms with Crippen molar-refractivity contribution in [3.63, 3.8) is 0 Å². The van der Waals surface area contributed by atoms with Gasteiger partial charge >= 0.3 is 0 Å². The van der Waals surface area contributed by atoms with E-state index in [2.05, 4.69) is 45.9 Å². The molecule has 0 atom stereocenters. The molecule has 2 heterocycles. The number of benzene rings is 1. The van der Waals surface area contributed by atoms with Crippen molar-refractivity contribution in [1.29, 1.82) is 0 Å². The fourth-order valence-electron chi connectivity index (χ4n) is 2.11. The minimum Gasteiger partial charge on any atom is -0.382 e. The molecule has 21 heavy (non-hydrogen) atoms. The number of pyridine rings is 1. The zero-order chi connectivity index (χ0) is 14.7. The quantitative estimate of drug-likeness (QED) is 0.770. The highest BCUT2D eigenvalue weighted by molar-refractivity contribution is 7.11. The molecule has 2 aromatic heterocycles. The van der Waals surface area contributed by atoms with Crippen LogP contribution >= 0.6 is 11.5 Å². The van der Waals surface area contributed by atoms with Crippen molar-refractivity contribution in [2.45, 2.75) is 13.5 Å². The molecule has 3 rings (SSSR count). The lowest BCUT2D eigenvalue weighted by atomic mass is 10.1. The number of hydrogen-bond donors (Lipinski definition) is 2. The molecular formula is C16H16N4S. The average molecular weight is 296 g/mol. The smallest absolute Gasteiger partial charge is 0.147 e. The van der Waals surface area contributed by atoms with Gasteiger partial charge in [0.25, 0.3) is 0 Å². The van der Waals surface area contributed by atoms with Gasteiger partial charge in [0.15, 0.2) is 0 Å². The van der Waals surface area contributed by atoms with Gasteiger partial charge in [0, 0.05) is 18.9 Å². The van der Waals surface area contributed by atoms with E-state index in [1.165, 1.54) is 22.7 Å². The van der Waals surface area contributed by atoms with Gasteiger partial charge in [0.2, 0.25) is 0 Å². The fourth-order valence-corrected chi connectivity index (χ4v) is 2.84. The monoisotopic (exact) mass is 296 g/mol. The highest BCUT2D eigenvalue weighted by atomic mass is 32.1. The second kappa shape index (κ2) is 5.93. The van der Waals surface area contributed by atoms with Crippen molar-refractivity contribution >= 4 is 22.4 Å². The van der Waals surface area contributed by atoms with Crippen LogP contribution in [0.3, 0.4) is 0 Å². The van der Waals surface area contributed by atoms with Gasteiger partial charge in [0.1, 0.15) is 10.8 Å². The number of nitrogen functional groups attached to an aromatic ring is 1. The Hall–Kier alpha value is -2.40. The van der Waals surface area contributed by atoms with Crippen LogP contribution in [-0.2, 0) is 6.54 Å². The summed E-state index contributed by atoms with van der Waals surface area (Å²) in [4.78, 5) is 4.04. The largest absolute Gasteiger partial charge is 0.382 e. The zero-order valence-electron chi connectivity index (χ0n) is 11.7. The van der Waals surface area contributed by atoms with Crippen molar-refractivity contribution in [2.24, 2.45) is 0 Å². The first-order valence-corrected chi connectivity index (χ1v) is 7.46. The van der Waals surface area contributed by atoms with Crippen LogP contribution in [-0.4, -0.2) is 9.36 Å². The van der Waals surface area contributed by atoms with Crippen molar-refractivity contribution < 1.29 is 0 Å². The summed E-state index contributed by atoms with van der Waals surface area (Å²) >= 11 is 1.39. The summed E-state index contributed by atoms with van der Waals surface area (Å²) < 4.78 is 4.26. The van der Waals surface area contributed by atoms with E-state index in [-0.39, 0.29) is 0 Å². The lowest BCUT2D eigenvalue weighted by Gasteiger charge is -2.07. The van der Waals surface area contributed by atoms with Crippen molar-refractivity contribution in [3.8, 4) is 11.1 Å². The molecule has 5 heteroatoms. The Morgan fingerprint density at radius 1 is 1.10 bits per heavy atom. The number of nitrogens with two attached hydrogens (primary N) is 1. The van der Waals surface area contributed by atoms with Crippen LogP contribution in [0.15, 0.2) is 48.8 Å². The third kappa shape index (κ3) is 3.03. The predicted octanol–water partition coefficient (Wildman–Crippen LogP) is 3.71. The highest BCUT2D eigenvalue weighted by Gasteiger charge is 2.13. The third-order valence-corrected chi connectivity index (χ3v) is 4.08. The number of nitrogens with zero attached hydrogens (tertiary/aromatic N) is 2. The summed E-state index contributed by atoms with van der Waals surface area (Å²) in [5.41, 5.74) is 10.5. The maximum atomic E-state index is 6.00.